The van der Waals surface area contributed by atoms with Crippen molar-refractivity contribution in [1.29, 1.82) is 0 Å². The highest BCUT2D eigenvalue weighted by atomic mass is 19.1. The van der Waals surface area contributed by atoms with Gasteiger partial charge in [-0.3, -0.25) is 14.5 Å². The van der Waals surface area contributed by atoms with Gasteiger partial charge in [0.05, 0.1) is 7.11 Å². The Morgan fingerprint density at radius 2 is 1.54 bits per heavy atom. The van der Waals surface area contributed by atoms with E-state index in [1.54, 1.807) is 31.4 Å². The molecule has 1 N–H and O–H groups in total. The lowest BCUT2D eigenvalue weighted by Gasteiger charge is -2.33. The molecule has 0 saturated heterocycles. The Morgan fingerprint density at radius 1 is 0.891 bits per heavy atom. The van der Waals surface area contributed by atoms with Crippen molar-refractivity contribution >= 4 is 17.5 Å². The first-order chi connectivity index (χ1) is 22.5. The minimum Gasteiger partial charge on any atom is -0.497 e. The van der Waals surface area contributed by atoms with Crippen molar-refractivity contribution < 1.29 is 18.7 Å². The highest BCUT2D eigenvalue weighted by molar-refractivity contribution is 6.01. The minimum atomic E-state index is -1.03. The van der Waals surface area contributed by atoms with E-state index in [9.17, 15) is 14.0 Å². The molecule has 2 saturated carbocycles. The van der Waals surface area contributed by atoms with Gasteiger partial charge in [-0.05, 0) is 96.5 Å². The van der Waals surface area contributed by atoms with Crippen LogP contribution in [0, 0.1) is 5.82 Å². The molecule has 0 radical (unpaired) electrons. The molecule has 2 amide bonds. The molecule has 0 aliphatic heterocycles. The number of carbonyl (C=O) groups excluding carboxylic acids is 2. The number of nitrogens with one attached hydrogen (secondary N) is 1. The van der Waals surface area contributed by atoms with Crippen LogP contribution in [0.1, 0.15) is 87.3 Å². The number of amides is 2. The van der Waals surface area contributed by atoms with E-state index in [4.69, 9.17) is 4.74 Å². The second-order valence-electron chi connectivity index (χ2n) is 12.4. The van der Waals surface area contributed by atoms with Crippen LogP contribution in [0.15, 0.2) is 72.8 Å². The Labute approximate surface area is 269 Å². The third kappa shape index (κ3) is 7.43. The summed E-state index contributed by atoms with van der Waals surface area (Å²) < 4.78 is 19.3. The fraction of sp³-hybridized carbons (Fsp3) is 0.417. The summed E-state index contributed by atoms with van der Waals surface area (Å²) >= 11 is 0. The molecule has 9 nitrogen and oxygen atoms in total. The molecule has 0 spiro atoms. The maximum atomic E-state index is 14.3. The SMILES string of the molecule is COc1ccc(-c2nnn(CC(=O)N(c3ccc(C4CCCCC4)cc3)C(C(=O)NC3CCCCC3)c3ccc(F)cc3)n2)cc1. The molecule has 1 unspecified atom stereocenters. The van der Waals surface area contributed by atoms with Crippen LogP contribution >= 0.6 is 0 Å². The fourth-order valence-electron chi connectivity index (χ4n) is 6.73. The largest absolute Gasteiger partial charge is 0.497 e. The molecule has 4 aromatic rings. The van der Waals surface area contributed by atoms with Crippen LogP contribution < -0.4 is 15.0 Å². The third-order valence-electron chi connectivity index (χ3n) is 9.24. The van der Waals surface area contributed by atoms with E-state index in [2.05, 4.69) is 32.9 Å². The van der Waals surface area contributed by atoms with Crippen molar-refractivity contribution in [2.75, 3.05) is 12.0 Å². The summed E-state index contributed by atoms with van der Waals surface area (Å²) in [5.74, 6) is 0.456. The van der Waals surface area contributed by atoms with Crippen LogP contribution in [0.4, 0.5) is 10.1 Å². The number of nitrogens with zero attached hydrogens (tertiary/aromatic N) is 5. The highest BCUT2D eigenvalue weighted by Gasteiger charge is 2.35. The normalized spacial score (nSPS) is 16.5. The molecule has 240 valence electrons. The summed E-state index contributed by atoms with van der Waals surface area (Å²) in [6.07, 6.45) is 11.0. The van der Waals surface area contributed by atoms with Gasteiger partial charge in [0.2, 0.25) is 11.7 Å². The lowest BCUT2D eigenvalue weighted by atomic mass is 9.84. The number of tetrazole rings is 1. The van der Waals surface area contributed by atoms with E-state index < -0.39 is 17.8 Å². The summed E-state index contributed by atoms with van der Waals surface area (Å²) in [5, 5.41) is 16.0. The van der Waals surface area contributed by atoms with Crippen molar-refractivity contribution in [3.05, 3.63) is 89.7 Å². The number of anilines is 1. The van der Waals surface area contributed by atoms with Gasteiger partial charge >= 0.3 is 0 Å². The molecule has 1 heterocycles. The van der Waals surface area contributed by atoms with Crippen LogP contribution in [-0.4, -0.2) is 45.2 Å². The van der Waals surface area contributed by atoms with Gasteiger partial charge < -0.3 is 10.1 Å². The second-order valence-corrected chi connectivity index (χ2v) is 12.4. The first-order valence-corrected chi connectivity index (χ1v) is 16.4. The van der Waals surface area contributed by atoms with Gasteiger partial charge in [0.1, 0.15) is 24.2 Å². The van der Waals surface area contributed by atoms with E-state index in [0.717, 1.165) is 50.5 Å². The Balaban J connectivity index is 1.34. The Hall–Kier alpha value is -4.60. The van der Waals surface area contributed by atoms with Crippen LogP contribution in [0.5, 0.6) is 5.75 Å². The molecule has 1 atom stereocenters. The number of methoxy groups -OCH3 is 1. The quantitative estimate of drug-likeness (QED) is 0.209. The van der Waals surface area contributed by atoms with Crippen molar-refractivity contribution in [1.82, 2.24) is 25.5 Å². The lowest BCUT2D eigenvalue weighted by Crippen LogP contribution is -2.48. The van der Waals surface area contributed by atoms with Gasteiger partial charge in [-0.15, -0.1) is 10.2 Å². The third-order valence-corrected chi connectivity index (χ3v) is 9.24. The molecule has 2 fully saturated rings. The molecule has 46 heavy (non-hydrogen) atoms. The molecule has 3 aromatic carbocycles. The number of halogens is 1. The summed E-state index contributed by atoms with van der Waals surface area (Å²) in [5.41, 5.74) is 3.06. The number of benzene rings is 3. The number of carbonyl (C=O) groups is 2. The Kier molecular flexibility index (Phi) is 10.0. The van der Waals surface area contributed by atoms with Gasteiger partial charge in [0.15, 0.2) is 0 Å². The smallest absolute Gasteiger partial charge is 0.251 e. The molecule has 2 aliphatic rings. The van der Waals surface area contributed by atoms with E-state index >= 15 is 0 Å². The zero-order valence-electron chi connectivity index (χ0n) is 26.3. The van der Waals surface area contributed by atoms with Gasteiger partial charge in [0, 0.05) is 17.3 Å². The van der Waals surface area contributed by atoms with Gasteiger partial charge in [-0.25, -0.2) is 4.39 Å². The van der Waals surface area contributed by atoms with E-state index in [1.165, 1.54) is 46.7 Å². The van der Waals surface area contributed by atoms with Crippen molar-refractivity contribution in [2.45, 2.75) is 88.8 Å². The first-order valence-electron chi connectivity index (χ1n) is 16.4. The van der Waals surface area contributed by atoms with Crippen LogP contribution in [0.3, 0.4) is 0 Å². The molecule has 6 rings (SSSR count). The summed E-state index contributed by atoms with van der Waals surface area (Å²) in [6, 6.07) is 20.0. The first kappa shape index (κ1) is 31.4. The molecule has 0 bridgehead atoms. The fourth-order valence-corrected chi connectivity index (χ4v) is 6.73. The van der Waals surface area contributed by atoms with Gasteiger partial charge in [-0.1, -0.05) is 62.8 Å². The molecule has 10 heteroatoms. The van der Waals surface area contributed by atoms with E-state index in [1.807, 2.05) is 24.3 Å². The minimum absolute atomic E-state index is 0.0267. The summed E-state index contributed by atoms with van der Waals surface area (Å²) in [7, 11) is 1.60. The van der Waals surface area contributed by atoms with E-state index in [-0.39, 0.29) is 18.5 Å². The van der Waals surface area contributed by atoms with Crippen molar-refractivity contribution in [3.8, 4) is 17.1 Å². The Morgan fingerprint density at radius 3 is 2.20 bits per heavy atom. The average molecular weight is 625 g/mol. The van der Waals surface area contributed by atoms with Crippen molar-refractivity contribution in [3.63, 3.8) is 0 Å². The molecular formula is C36H41FN6O3. The predicted octanol–water partition coefficient (Wildman–Crippen LogP) is 6.76. The molecule has 1 aromatic heterocycles. The summed E-state index contributed by atoms with van der Waals surface area (Å²) in [4.78, 5) is 31.2. The highest BCUT2D eigenvalue weighted by Crippen LogP contribution is 2.35. The molecule has 2 aliphatic carbocycles. The topological polar surface area (TPSA) is 102 Å². The number of ether oxygens (including phenoxy) is 1. The summed E-state index contributed by atoms with van der Waals surface area (Å²) in [6.45, 7) is -0.248. The van der Waals surface area contributed by atoms with Gasteiger partial charge in [0.25, 0.3) is 5.91 Å². The average Bonchev–Trinajstić information content (AvgIpc) is 3.57. The maximum absolute atomic E-state index is 14.3. The standard InChI is InChI=1S/C36H41FN6O3/c1-46-32-22-16-28(17-23-32)35-39-41-42(40-35)24-33(44)43(31-20-14-26(15-21-31)25-8-4-2-5-9-25)34(27-12-18-29(37)19-13-27)36(45)38-30-10-6-3-7-11-30/h12-23,25,30,34H,2-11,24H2,1H3,(H,38,45). The number of hydrogen-bond donors (Lipinski definition) is 1. The zero-order valence-corrected chi connectivity index (χ0v) is 26.3. The number of hydrogen-bond acceptors (Lipinski definition) is 6. The lowest BCUT2D eigenvalue weighted by molar-refractivity contribution is -0.127. The van der Waals surface area contributed by atoms with Crippen molar-refractivity contribution in [2.24, 2.45) is 0 Å². The predicted molar refractivity (Wildman–Crippen MR) is 174 cm³/mol. The number of aromatic nitrogens is 4. The maximum Gasteiger partial charge on any atom is 0.251 e. The van der Waals surface area contributed by atoms with E-state index in [0.29, 0.717) is 28.7 Å². The number of rotatable bonds is 10. The van der Waals surface area contributed by atoms with Crippen LogP contribution in [0.2, 0.25) is 0 Å². The van der Waals surface area contributed by atoms with Crippen LogP contribution in [-0.2, 0) is 16.1 Å². The van der Waals surface area contributed by atoms with Gasteiger partial charge in [-0.2, -0.15) is 4.80 Å². The zero-order chi connectivity index (χ0) is 31.9. The Bertz CT molecular complexity index is 1590. The monoisotopic (exact) mass is 624 g/mol. The van der Waals surface area contributed by atoms with Crippen LogP contribution in [0.25, 0.3) is 11.4 Å². The second kappa shape index (κ2) is 14.7. The molecular weight excluding hydrogens is 583 g/mol.